The van der Waals surface area contributed by atoms with Crippen LogP contribution >= 0.6 is 23.2 Å². The number of piperazine rings is 1. The van der Waals surface area contributed by atoms with Crippen molar-refractivity contribution in [1.29, 1.82) is 0 Å². The maximum Gasteiger partial charge on any atom is 0.416 e. The molecule has 2 aromatic carbocycles. The minimum Gasteiger partial charge on any atom is -0.611 e. The topological polar surface area (TPSA) is 58.6 Å². The summed E-state index contributed by atoms with van der Waals surface area (Å²) in [6.45, 7) is 4.56. The number of carbonyl (C=O) groups is 1. The van der Waals surface area contributed by atoms with Gasteiger partial charge in [-0.2, -0.15) is 13.2 Å². The highest BCUT2D eigenvalue weighted by Gasteiger charge is 2.36. The molecule has 1 heterocycles. The van der Waals surface area contributed by atoms with Gasteiger partial charge in [0.25, 0.3) is 5.91 Å². The van der Waals surface area contributed by atoms with Crippen molar-refractivity contribution >= 4 is 40.3 Å². The molecule has 3 rings (SSSR count). The van der Waals surface area contributed by atoms with Crippen LogP contribution in [-0.2, 0) is 30.4 Å². The lowest BCUT2D eigenvalue weighted by molar-refractivity contribution is -0.138. The fourth-order valence-corrected chi connectivity index (χ4v) is 5.18. The minimum atomic E-state index is -4.67. The van der Waals surface area contributed by atoms with Crippen molar-refractivity contribution in [3.8, 4) is 0 Å². The van der Waals surface area contributed by atoms with Crippen LogP contribution in [0, 0.1) is 0 Å². The predicted octanol–water partition coefficient (Wildman–Crippen LogP) is 4.82. The van der Waals surface area contributed by atoms with Gasteiger partial charge >= 0.3 is 6.18 Å². The molecule has 1 fully saturated rings. The Morgan fingerprint density at radius 3 is 2.44 bits per heavy atom. The van der Waals surface area contributed by atoms with Crippen LogP contribution in [0.1, 0.15) is 34.0 Å². The smallest absolute Gasteiger partial charge is 0.416 e. The lowest BCUT2D eigenvalue weighted by Crippen LogP contribution is -2.44. The normalized spacial score (nSPS) is 16.5. The monoisotopic (exact) mass is 535 g/mol. The van der Waals surface area contributed by atoms with E-state index >= 15 is 0 Å². The van der Waals surface area contributed by atoms with Gasteiger partial charge in [-0.1, -0.05) is 23.2 Å². The summed E-state index contributed by atoms with van der Waals surface area (Å²) in [5.74, 6) is -0.339. The van der Waals surface area contributed by atoms with Crippen molar-refractivity contribution in [1.82, 2.24) is 15.1 Å². The van der Waals surface area contributed by atoms with Crippen LogP contribution in [0.25, 0.3) is 0 Å². The fraction of sp³-hybridized carbons (Fsp3) is 0.435. The van der Waals surface area contributed by atoms with Crippen molar-refractivity contribution in [3.05, 3.63) is 62.6 Å². The van der Waals surface area contributed by atoms with Gasteiger partial charge in [-0.25, -0.2) is 0 Å². The highest BCUT2D eigenvalue weighted by molar-refractivity contribution is 7.91. The maximum atomic E-state index is 13.9. The van der Waals surface area contributed by atoms with E-state index in [0.29, 0.717) is 34.3 Å². The summed E-state index contributed by atoms with van der Waals surface area (Å²) in [5.41, 5.74) is -0.611. The summed E-state index contributed by atoms with van der Waals surface area (Å²) in [4.78, 5) is 17.3. The number of nitrogens with one attached hydrogen (secondary N) is 1. The first-order chi connectivity index (χ1) is 16.0. The van der Waals surface area contributed by atoms with Crippen LogP contribution < -0.4 is 5.32 Å². The van der Waals surface area contributed by atoms with E-state index in [2.05, 4.69) is 10.2 Å². The zero-order chi connectivity index (χ0) is 25.0. The van der Waals surface area contributed by atoms with E-state index in [0.717, 1.165) is 19.2 Å². The van der Waals surface area contributed by atoms with Gasteiger partial charge < -0.3 is 14.8 Å². The number of halogens is 5. The highest BCUT2D eigenvalue weighted by Crippen LogP contribution is 2.37. The number of likely N-dealkylation sites (N-methyl/N-ethyl adjacent to an activating group) is 1. The van der Waals surface area contributed by atoms with Gasteiger partial charge in [0.05, 0.1) is 5.56 Å². The Morgan fingerprint density at radius 2 is 1.82 bits per heavy atom. The van der Waals surface area contributed by atoms with Gasteiger partial charge in [0.15, 0.2) is 4.90 Å². The third kappa shape index (κ3) is 6.80. The standard InChI is InChI=1S/C23H26Cl2F3N3O2S/c1-3-34(33)21-5-4-17(24)10-16(21)13-29-22(32)15-11-19(23(26,27)28)18(20(25)12-15)14-31-8-6-30(2)7-9-31/h4-5,10-12H,3,6-9,13-14H2,1-2H3,(H,29,32). The second kappa shape index (κ2) is 11.5. The third-order valence-corrected chi connectivity index (χ3v) is 7.70. The van der Waals surface area contributed by atoms with E-state index in [9.17, 15) is 22.5 Å². The molecule has 1 aliphatic heterocycles. The van der Waals surface area contributed by atoms with Crippen molar-refractivity contribution in [2.24, 2.45) is 0 Å². The van der Waals surface area contributed by atoms with Crippen LogP contribution in [-0.4, -0.2) is 59.2 Å². The molecule has 0 radical (unpaired) electrons. The third-order valence-electron chi connectivity index (χ3n) is 5.71. The molecular formula is C23H26Cl2F3N3O2S. The first-order valence-electron chi connectivity index (χ1n) is 10.7. The second-order valence-electron chi connectivity index (χ2n) is 8.13. The number of hydrogen-bond donors (Lipinski definition) is 1. The zero-order valence-corrected chi connectivity index (χ0v) is 21.2. The molecule has 11 heteroatoms. The van der Waals surface area contributed by atoms with Crippen LogP contribution in [0.2, 0.25) is 10.0 Å². The summed E-state index contributed by atoms with van der Waals surface area (Å²) in [7, 11) is 1.96. The molecule has 1 atom stereocenters. The Kier molecular flexibility index (Phi) is 9.16. The van der Waals surface area contributed by atoms with Gasteiger partial charge in [0.1, 0.15) is 5.75 Å². The predicted molar refractivity (Wildman–Crippen MR) is 129 cm³/mol. The molecule has 34 heavy (non-hydrogen) atoms. The largest absolute Gasteiger partial charge is 0.611 e. The van der Waals surface area contributed by atoms with E-state index < -0.39 is 28.8 Å². The van der Waals surface area contributed by atoms with Gasteiger partial charge in [0.2, 0.25) is 0 Å². The average Bonchev–Trinajstić information content (AvgIpc) is 2.78. The molecule has 1 N–H and O–H groups in total. The summed E-state index contributed by atoms with van der Waals surface area (Å²) >= 11 is 11.0. The Hall–Kier alpha value is -1.49. The van der Waals surface area contributed by atoms with E-state index in [1.807, 2.05) is 11.9 Å². The molecule has 1 unspecified atom stereocenters. The number of rotatable bonds is 7. The number of nitrogens with zero attached hydrogens (tertiary/aromatic N) is 2. The number of amides is 1. The number of alkyl halides is 3. The van der Waals surface area contributed by atoms with E-state index in [1.54, 1.807) is 25.1 Å². The summed E-state index contributed by atoms with van der Waals surface area (Å²) in [6, 6.07) is 6.91. The lowest BCUT2D eigenvalue weighted by Gasteiger charge is -2.33. The molecule has 0 saturated carbocycles. The number of benzene rings is 2. The van der Waals surface area contributed by atoms with Gasteiger partial charge in [0, 0.05) is 60.4 Å². The average molecular weight is 536 g/mol. The molecular weight excluding hydrogens is 510 g/mol. The first kappa shape index (κ1) is 27.1. The SMILES string of the molecule is CC[S+]([O-])c1ccc(Cl)cc1CNC(=O)c1cc(Cl)c(CN2CCN(C)CC2)c(C(F)(F)F)c1. The van der Waals surface area contributed by atoms with Gasteiger partial charge in [-0.15, -0.1) is 0 Å². The molecule has 1 aliphatic rings. The van der Waals surface area contributed by atoms with Crippen LogP contribution in [0.5, 0.6) is 0 Å². The molecule has 0 bridgehead atoms. The van der Waals surface area contributed by atoms with Crippen molar-refractivity contribution in [3.63, 3.8) is 0 Å². The number of carbonyl (C=O) groups excluding carboxylic acids is 1. The Labute approximate surface area is 210 Å². The van der Waals surface area contributed by atoms with Crippen molar-refractivity contribution in [2.75, 3.05) is 39.0 Å². The van der Waals surface area contributed by atoms with E-state index in [1.165, 1.54) is 6.07 Å². The zero-order valence-electron chi connectivity index (χ0n) is 18.8. The molecule has 5 nitrogen and oxygen atoms in total. The van der Waals surface area contributed by atoms with Crippen LogP contribution in [0.4, 0.5) is 13.2 Å². The molecule has 1 amide bonds. The molecule has 186 valence electrons. The van der Waals surface area contributed by atoms with E-state index in [-0.39, 0.29) is 29.2 Å². The minimum absolute atomic E-state index is 0.0364. The quantitative estimate of drug-likeness (QED) is 0.516. The van der Waals surface area contributed by atoms with Crippen molar-refractivity contribution in [2.45, 2.75) is 31.1 Å². The highest BCUT2D eigenvalue weighted by atomic mass is 35.5. The molecule has 1 saturated heterocycles. The Morgan fingerprint density at radius 1 is 1.15 bits per heavy atom. The Bertz CT molecular complexity index is 1030. The molecule has 0 aromatic heterocycles. The molecule has 0 spiro atoms. The fourth-order valence-electron chi connectivity index (χ4n) is 3.75. The van der Waals surface area contributed by atoms with Crippen molar-refractivity contribution < 1.29 is 22.5 Å². The summed E-state index contributed by atoms with van der Waals surface area (Å²) in [6.07, 6.45) is -4.67. The Balaban J connectivity index is 1.83. The van der Waals surface area contributed by atoms with Crippen LogP contribution in [0.15, 0.2) is 35.2 Å². The number of hydrogen-bond acceptors (Lipinski definition) is 4. The molecule has 2 aromatic rings. The lowest BCUT2D eigenvalue weighted by atomic mass is 10.0. The summed E-state index contributed by atoms with van der Waals surface area (Å²) in [5, 5.41) is 2.90. The first-order valence-corrected chi connectivity index (χ1v) is 12.8. The van der Waals surface area contributed by atoms with E-state index in [4.69, 9.17) is 23.2 Å². The van der Waals surface area contributed by atoms with Crippen LogP contribution in [0.3, 0.4) is 0 Å². The maximum absolute atomic E-state index is 13.9. The summed E-state index contributed by atoms with van der Waals surface area (Å²) < 4.78 is 54.0. The van der Waals surface area contributed by atoms with Gasteiger partial charge in [-0.3, -0.25) is 9.69 Å². The van der Waals surface area contributed by atoms with Gasteiger partial charge in [-0.05, 0) is 61.0 Å². The second-order valence-corrected chi connectivity index (χ2v) is 10.7. The molecule has 0 aliphatic carbocycles.